The van der Waals surface area contributed by atoms with Crippen LogP contribution in [0.4, 0.5) is 4.39 Å². The summed E-state index contributed by atoms with van der Waals surface area (Å²) >= 11 is 2.66. The van der Waals surface area contributed by atoms with E-state index in [0.717, 1.165) is 21.2 Å². The van der Waals surface area contributed by atoms with Gasteiger partial charge >= 0.3 is 5.97 Å². The fraction of sp³-hybridized carbons (Fsp3) is 0.222. The van der Waals surface area contributed by atoms with Crippen molar-refractivity contribution in [1.82, 2.24) is 10.3 Å². The maximum atomic E-state index is 13.0. The predicted molar refractivity (Wildman–Crippen MR) is 101 cm³/mol. The number of halogens is 1. The predicted octanol–water partition coefficient (Wildman–Crippen LogP) is 3.55. The average Bonchev–Trinajstić information content (AvgIpc) is 3.09. The molecule has 0 unspecified atom stereocenters. The highest BCUT2D eigenvalue weighted by Crippen LogP contribution is 2.23. The van der Waals surface area contributed by atoms with Crippen LogP contribution in [0, 0.1) is 5.82 Å². The van der Waals surface area contributed by atoms with E-state index < -0.39 is 5.97 Å². The molecule has 0 saturated carbocycles. The Hall–Kier alpha value is -2.32. The first-order valence-electron chi connectivity index (χ1n) is 7.92. The van der Waals surface area contributed by atoms with Gasteiger partial charge in [0, 0.05) is 18.3 Å². The number of carboxylic acid groups (broad SMARTS) is 1. The van der Waals surface area contributed by atoms with Crippen molar-refractivity contribution in [2.24, 2.45) is 0 Å². The number of nitrogens with zero attached hydrogens (tertiary/aromatic N) is 1. The fourth-order valence-electron chi connectivity index (χ4n) is 2.30. The molecule has 2 N–H and O–H groups in total. The van der Waals surface area contributed by atoms with Gasteiger partial charge in [-0.15, -0.1) is 11.3 Å². The van der Waals surface area contributed by atoms with Crippen LogP contribution in [-0.4, -0.2) is 35.0 Å². The van der Waals surface area contributed by atoms with Crippen molar-refractivity contribution in [1.29, 1.82) is 0 Å². The number of ether oxygens (including phenoxy) is 1. The maximum Gasteiger partial charge on any atom is 0.313 e. The molecule has 0 aliphatic carbocycles. The minimum atomic E-state index is -0.849. The molecule has 0 spiro atoms. The van der Waals surface area contributed by atoms with E-state index in [1.54, 1.807) is 12.1 Å². The van der Waals surface area contributed by atoms with Gasteiger partial charge in [0.1, 0.15) is 5.82 Å². The van der Waals surface area contributed by atoms with Gasteiger partial charge in [0.25, 0.3) is 0 Å². The van der Waals surface area contributed by atoms with Crippen molar-refractivity contribution < 1.29 is 19.0 Å². The summed E-state index contributed by atoms with van der Waals surface area (Å²) in [7, 11) is 0. The third-order valence-corrected chi connectivity index (χ3v) is 5.62. The number of thiazole rings is 1. The molecule has 0 atom stereocenters. The number of benzene rings is 1. The number of allylic oxidation sites excluding steroid dienone is 2. The molecular weight excluding hydrogens is 375 g/mol. The molecule has 1 aliphatic heterocycles. The van der Waals surface area contributed by atoms with Crippen LogP contribution in [0.15, 0.2) is 52.0 Å². The van der Waals surface area contributed by atoms with Crippen LogP contribution in [0.3, 0.4) is 0 Å². The van der Waals surface area contributed by atoms with E-state index in [4.69, 9.17) is 9.84 Å². The van der Waals surface area contributed by atoms with Crippen LogP contribution in [0.25, 0.3) is 5.57 Å². The van der Waals surface area contributed by atoms with E-state index in [9.17, 15) is 9.18 Å². The SMILES string of the molecule is O=C(O)CSc1nc(CCOC2=CC=C(c3ccc(F)cc3)CN2)cs1. The van der Waals surface area contributed by atoms with Gasteiger partial charge in [0.2, 0.25) is 0 Å². The van der Waals surface area contributed by atoms with E-state index >= 15 is 0 Å². The van der Waals surface area contributed by atoms with E-state index in [-0.39, 0.29) is 11.6 Å². The smallest absolute Gasteiger partial charge is 0.313 e. The zero-order valence-electron chi connectivity index (χ0n) is 13.8. The summed E-state index contributed by atoms with van der Waals surface area (Å²) in [5, 5.41) is 13.8. The molecule has 1 aromatic heterocycles. The number of nitrogens with one attached hydrogen (secondary N) is 1. The summed E-state index contributed by atoms with van der Waals surface area (Å²) in [6.45, 7) is 1.09. The molecule has 26 heavy (non-hydrogen) atoms. The summed E-state index contributed by atoms with van der Waals surface area (Å²) in [6, 6.07) is 6.40. The van der Waals surface area contributed by atoms with Crippen LogP contribution in [0.2, 0.25) is 0 Å². The number of dihydropyridines is 1. The summed E-state index contributed by atoms with van der Waals surface area (Å²) in [6.07, 6.45) is 4.47. The van der Waals surface area contributed by atoms with Gasteiger partial charge in [0.05, 0.1) is 18.1 Å². The first-order valence-corrected chi connectivity index (χ1v) is 9.79. The number of carbonyl (C=O) groups is 1. The third-order valence-electron chi connectivity index (χ3n) is 3.57. The highest BCUT2D eigenvalue weighted by molar-refractivity contribution is 8.01. The summed E-state index contributed by atoms with van der Waals surface area (Å²) in [5.74, 6) is -0.391. The molecule has 136 valence electrons. The molecule has 1 aromatic carbocycles. The van der Waals surface area contributed by atoms with Crippen molar-refractivity contribution in [3.63, 3.8) is 0 Å². The molecule has 2 heterocycles. The van der Waals surface area contributed by atoms with Crippen molar-refractivity contribution >= 4 is 34.6 Å². The normalized spacial score (nSPS) is 13.6. The van der Waals surface area contributed by atoms with Gasteiger partial charge in [-0.05, 0) is 29.3 Å². The van der Waals surface area contributed by atoms with Crippen molar-refractivity contribution in [3.05, 3.63) is 64.8 Å². The Bertz CT molecular complexity index is 831. The lowest BCUT2D eigenvalue weighted by Crippen LogP contribution is -2.21. The number of rotatable bonds is 8. The quantitative estimate of drug-likeness (QED) is 0.670. The first-order chi connectivity index (χ1) is 12.6. The second-order valence-corrected chi connectivity index (χ2v) is 7.55. The lowest BCUT2D eigenvalue weighted by Gasteiger charge is -2.18. The topological polar surface area (TPSA) is 71.5 Å². The molecule has 5 nitrogen and oxygen atoms in total. The standard InChI is InChI=1S/C18H17FN2O3S2/c19-14-4-1-12(2-5-14)13-3-6-16(20-9-13)24-8-7-15-10-25-18(21-15)26-11-17(22)23/h1-6,10,20H,7-9,11H2,(H,22,23). The van der Waals surface area contributed by atoms with Gasteiger partial charge < -0.3 is 15.2 Å². The minimum absolute atomic E-state index is 0.0168. The Labute approximate surface area is 158 Å². The lowest BCUT2D eigenvalue weighted by molar-refractivity contribution is -0.133. The van der Waals surface area contributed by atoms with E-state index in [2.05, 4.69) is 10.3 Å². The molecule has 0 saturated heterocycles. The maximum absolute atomic E-state index is 13.0. The number of hydrogen-bond acceptors (Lipinski definition) is 6. The fourth-order valence-corrected chi connectivity index (χ4v) is 3.90. The number of thioether (sulfide) groups is 1. The highest BCUT2D eigenvalue weighted by atomic mass is 32.2. The lowest BCUT2D eigenvalue weighted by atomic mass is 10.0. The molecule has 0 bridgehead atoms. The second kappa shape index (κ2) is 8.86. The average molecular weight is 392 g/mol. The van der Waals surface area contributed by atoms with E-state index in [1.165, 1.54) is 35.2 Å². The molecule has 2 aromatic rings. The number of carboxylic acids is 1. The molecule has 1 aliphatic rings. The first kappa shape index (κ1) is 18.5. The van der Waals surface area contributed by atoms with Gasteiger partial charge in [0.15, 0.2) is 10.2 Å². The van der Waals surface area contributed by atoms with Gasteiger partial charge in [-0.25, -0.2) is 9.37 Å². The summed E-state index contributed by atoms with van der Waals surface area (Å²) < 4.78 is 19.4. The van der Waals surface area contributed by atoms with Crippen LogP contribution < -0.4 is 5.32 Å². The highest BCUT2D eigenvalue weighted by Gasteiger charge is 2.09. The Morgan fingerprint density at radius 1 is 1.35 bits per heavy atom. The van der Waals surface area contributed by atoms with Crippen LogP contribution in [0.1, 0.15) is 11.3 Å². The second-order valence-electron chi connectivity index (χ2n) is 5.47. The van der Waals surface area contributed by atoms with Gasteiger partial charge in [-0.2, -0.15) is 0 Å². The minimum Gasteiger partial charge on any atom is -0.481 e. The number of aliphatic carboxylic acids is 1. The Kier molecular flexibility index (Phi) is 6.30. The molecular formula is C18H17FN2O3S2. The Morgan fingerprint density at radius 2 is 2.15 bits per heavy atom. The van der Waals surface area contributed by atoms with Crippen molar-refractivity contribution in [2.45, 2.75) is 10.8 Å². The summed E-state index contributed by atoms with van der Waals surface area (Å²) in [4.78, 5) is 14.9. The summed E-state index contributed by atoms with van der Waals surface area (Å²) in [5.41, 5.74) is 2.93. The van der Waals surface area contributed by atoms with Crippen molar-refractivity contribution in [2.75, 3.05) is 18.9 Å². The zero-order chi connectivity index (χ0) is 18.4. The third kappa shape index (κ3) is 5.34. The Balaban J connectivity index is 1.47. The largest absolute Gasteiger partial charge is 0.481 e. The molecule has 0 radical (unpaired) electrons. The van der Waals surface area contributed by atoms with E-state index in [1.807, 2.05) is 17.5 Å². The molecule has 3 rings (SSSR count). The van der Waals surface area contributed by atoms with Crippen LogP contribution >= 0.6 is 23.1 Å². The molecule has 0 amide bonds. The van der Waals surface area contributed by atoms with Crippen LogP contribution in [-0.2, 0) is 16.0 Å². The number of hydrogen-bond donors (Lipinski definition) is 2. The van der Waals surface area contributed by atoms with Gasteiger partial charge in [-0.3, -0.25) is 4.79 Å². The zero-order valence-corrected chi connectivity index (χ0v) is 15.4. The molecule has 8 heteroatoms. The van der Waals surface area contributed by atoms with Gasteiger partial charge in [-0.1, -0.05) is 30.0 Å². The van der Waals surface area contributed by atoms with Crippen molar-refractivity contribution in [3.8, 4) is 0 Å². The van der Waals surface area contributed by atoms with Crippen LogP contribution in [0.5, 0.6) is 0 Å². The number of aromatic nitrogens is 1. The Morgan fingerprint density at radius 3 is 2.85 bits per heavy atom. The monoisotopic (exact) mass is 392 g/mol. The molecule has 0 fully saturated rings. The van der Waals surface area contributed by atoms with E-state index in [0.29, 0.717) is 25.5 Å².